The Labute approximate surface area is 113 Å². The molecular formula is C16H19NS. The van der Waals surface area contributed by atoms with Crippen molar-refractivity contribution in [3.05, 3.63) is 59.7 Å². The van der Waals surface area contributed by atoms with E-state index in [9.17, 15) is 0 Å². The van der Waals surface area contributed by atoms with Gasteiger partial charge in [0.15, 0.2) is 0 Å². The summed E-state index contributed by atoms with van der Waals surface area (Å²) in [5.41, 5.74) is 8.72. The van der Waals surface area contributed by atoms with Crippen molar-refractivity contribution < 1.29 is 0 Å². The lowest BCUT2D eigenvalue weighted by Crippen LogP contribution is -2.09. The van der Waals surface area contributed by atoms with Crippen LogP contribution in [0.5, 0.6) is 0 Å². The van der Waals surface area contributed by atoms with E-state index in [0.29, 0.717) is 0 Å². The van der Waals surface area contributed by atoms with E-state index in [-0.39, 0.29) is 6.04 Å². The normalized spacial score (nSPS) is 12.4. The quantitative estimate of drug-likeness (QED) is 0.869. The Morgan fingerprint density at radius 3 is 2.28 bits per heavy atom. The molecule has 94 valence electrons. The van der Waals surface area contributed by atoms with Crippen molar-refractivity contribution >= 4 is 11.8 Å². The minimum atomic E-state index is 0.123. The van der Waals surface area contributed by atoms with E-state index in [2.05, 4.69) is 62.4 Å². The highest BCUT2D eigenvalue weighted by Crippen LogP contribution is 2.34. The molecule has 0 bridgehead atoms. The number of nitrogens with two attached hydrogens (primary N) is 1. The van der Waals surface area contributed by atoms with E-state index in [1.165, 1.54) is 20.9 Å². The Hall–Kier alpha value is -1.25. The largest absolute Gasteiger partial charge is 0.324 e. The van der Waals surface area contributed by atoms with Gasteiger partial charge in [0.1, 0.15) is 0 Å². The summed E-state index contributed by atoms with van der Waals surface area (Å²) in [7, 11) is 0. The van der Waals surface area contributed by atoms with E-state index in [1.54, 1.807) is 11.8 Å². The molecule has 0 amide bonds. The molecule has 1 unspecified atom stereocenters. The molecular weight excluding hydrogens is 238 g/mol. The molecule has 1 atom stereocenters. The first kappa shape index (κ1) is 13.2. The molecule has 0 fully saturated rings. The molecule has 0 aliphatic rings. The number of hydrogen-bond acceptors (Lipinski definition) is 2. The van der Waals surface area contributed by atoms with Crippen molar-refractivity contribution in [3.8, 4) is 0 Å². The molecule has 0 aliphatic carbocycles. The average molecular weight is 257 g/mol. The summed E-state index contributed by atoms with van der Waals surface area (Å²) in [5.74, 6) is 0. The van der Waals surface area contributed by atoms with Gasteiger partial charge in [0, 0.05) is 15.8 Å². The van der Waals surface area contributed by atoms with Crippen LogP contribution in [0.4, 0.5) is 0 Å². The molecule has 2 heteroatoms. The van der Waals surface area contributed by atoms with Crippen molar-refractivity contribution in [2.45, 2.75) is 36.1 Å². The van der Waals surface area contributed by atoms with Crippen LogP contribution >= 0.6 is 11.8 Å². The summed E-state index contributed by atoms with van der Waals surface area (Å²) in [4.78, 5) is 2.56. The van der Waals surface area contributed by atoms with Crippen LogP contribution in [0.3, 0.4) is 0 Å². The third-order valence-electron chi connectivity index (χ3n) is 3.07. The van der Waals surface area contributed by atoms with Crippen LogP contribution in [0, 0.1) is 6.92 Å². The number of benzene rings is 2. The van der Waals surface area contributed by atoms with Crippen molar-refractivity contribution in [2.24, 2.45) is 5.73 Å². The third kappa shape index (κ3) is 2.95. The molecule has 0 spiro atoms. The SMILES string of the molecule is CCC(N)c1ccccc1Sc1ccccc1C. The molecule has 1 nitrogen and oxygen atoms in total. The summed E-state index contributed by atoms with van der Waals surface area (Å²) in [6.07, 6.45) is 0.964. The van der Waals surface area contributed by atoms with Crippen LogP contribution < -0.4 is 5.73 Å². The van der Waals surface area contributed by atoms with Gasteiger partial charge in [-0.15, -0.1) is 0 Å². The third-order valence-corrected chi connectivity index (χ3v) is 4.34. The predicted molar refractivity (Wildman–Crippen MR) is 79.0 cm³/mol. The van der Waals surface area contributed by atoms with Gasteiger partial charge in [0.05, 0.1) is 0 Å². The Balaban J connectivity index is 2.32. The minimum absolute atomic E-state index is 0.123. The van der Waals surface area contributed by atoms with Crippen LogP contribution in [0.1, 0.15) is 30.5 Å². The fourth-order valence-corrected chi connectivity index (χ4v) is 2.99. The van der Waals surface area contributed by atoms with Crippen molar-refractivity contribution in [1.29, 1.82) is 0 Å². The van der Waals surface area contributed by atoms with Crippen LogP contribution in [-0.2, 0) is 0 Å². The fraction of sp³-hybridized carbons (Fsp3) is 0.250. The number of rotatable bonds is 4. The zero-order chi connectivity index (χ0) is 13.0. The monoisotopic (exact) mass is 257 g/mol. The maximum atomic E-state index is 6.17. The summed E-state index contributed by atoms with van der Waals surface area (Å²) in [6, 6.07) is 17.0. The smallest absolute Gasteiger partial charge is 0.0303 e. The lowest BCUT2D eigenvalue weighted by atomic mass is 10.1. The van der Waals surface area contributed by atoms with Gasteiger partial charge in [-0.2, -0.15) is 0 Å². The molecule has 0 aliphatic heterocycles. The lowest BCUT2D eigenvalue weighted by Gasteiger charge is -2.15. The topological polar surface area (TPSA) is 26.0 Å². The Bertz CT molecular complexity index is 522. The van der Waals surface area contributed by atoms with Gasteiger partial charge >= 0.3 is 0 Å². The molecule has 0 heterocycles. The van der Waals surface area contributed by atoms with E-state index in [4.69, 9.17) is 5.73 Å². The first-order valence-electron chi connectivity index (χ1n) is 6.30. The minimum Gasteiger partial charge on any atom is -0.324 e. The highest BCUT2D eigenvalue weighted by atomic mass is 32.2. The van der Waals surface area contributed by atoms with Gasteiger partial charge in [-0.25, -0.2) is 0 Å². The molecule has 2 aromatic carbocycles. The molecule has 2 rings (SSSR count). The molecule has 0 radical (unpaired) electrons. The predicted octanol–water partition coefficient (Wildman–Crippen LogP) is 4.56. The molecule has 2 aromatic rings. The van der Waals surface area contributed by atoms with E-state index in [1.807, 2.05) is 0 Å². The van der Waals surface area contributed by atoms with Gasteiger partial charge < -0.3 is 5.73 Å². The van der Waals surface area contributed by atoms with E-state index < -0.39 is 0 Å². The van der Waals surface area contributed by atoms with Gasteiger partial charge in [-0.05, 0) is 36.6 Å². The van der Waals surface area contributed by atoms with Crippen molar-refractivity contribution in [1.82, 2.24) is 0 Å². The van der Waals surface area contributed by atoms with Crippen LogP contribution in [0.25, 0.3) is 0 Å². The summed E-state index contributed by atoms with van der Waals surface area (Å²) in [6.45, 7) is 4.27. The Kier molecular flexibility index (Phi) is 4.45. The van der Waals surface area contributed by atoms with Gasteiger partial charge in [0.25, 0.3) is 0 Å². The Morgan fingerprint density at radius 2 is 1.61 bits per heavy atom. The molecule has 18 heavy (non-hydrogen) atoms. The number of aryl methyl sites for hydroxylation is 1. The van der Waals surface area contributed by atoms with Crippen molar-refractivity contribution in [3.63, 3.8) is 0 Å². The summed E-state index contributed by atoms with van der Waals surface area (Å²) in [5, 5.41) is 0. The van der Waals surface area contributed by atoms with Crippen LogP contribution in [-0.4, -0.2) is 0 Å². The van der Waals surface area contributed by atoms with Crippen molar-refractivity contribution in [2.75, 3.05) is 0 Å². The van der Waals surface area contributed by atoms with Crippen LogP contribution in [0.2, 0.25) is 0 Å². The molecule has 2 N–H and O–H groups in total. The molecule has 0 saturated heterocycles. The second kappa shape index (κ2) is 6.07. The lowest BCUT2D eigenvalue weighted by molar-refractivity contribution is 0.685. The first-order valence-corrected chi connectivity index (χ1v) is 7.12. The average Bonchev–Trinajstić information content (AvgIpc) is 2.41. The second-order valence-electron chi connectivity index (χ2n) is 4.42. The van der Waals surface area contributed by atoms with Crippen LogP contribution in [0.15, 0.2) is 58.3 Å². The summed E-state index contributed by atoms with van der Waals surface area (Å²) >= 11 is 1.80. The van der Waals surface area contributed by atoms with E-state index >= 15 is 0 Å². The first-order chi connectivity index (χ1) is 8.72. The van der Waals surface area contributed by atoms with Gasteiger partial charge in [0.2, 0.25) is 0 Å². The Morgan fingerprint density at radius 1 is 1.00 bits per heavy atom. The zero-order valence-electron chi connectivity index (χ0n) is 10.9. The summed E-state index contributed by atoms with van der Waals surface area (Å²) < 4.78 is 0. The maximum absolute atomic E-state index is 6.17. The fourth-order valence-electron chi connectivity index (χ4n) is 1.89. The second-order valence-corrected chi connectivity index (χ2v) is 5.50. The highest BCUT2D eigenvalue weighted by Gasteiger charge is 2.10. The maximum Gasteiger partial charge on any atom is 0.0303 e. The standard InChI is InChI=1S/C16H19NS/c1-3-14(17)13-9-5-7-11-16(13)18-15-10-6-4-8-12(15)2/h4-11,14H,3,17H2,1-2H3. The highest BCUT2D eigenvalue weighted by molar-refractivity contribution is 7.99. The van der Waals surface area contributed by atoms with E-state index in [0.717, 1.165) is 6.42 Å². The van der Waals surface area contributed by atoms with Gasteiger partial charge in [-0.3, -0.25) is 0 Å². The molecule has 0 aromatic heterocycles. The van der Waals surface area contributed by atoms with Gasteiger partial charge in [-0.1, -0.05) is 55.1 Å². The number of hydrogen-bond donors (Lipinski definition) is 1. The molecule has 0 saturated carbocycles. The zero-order valence-corrected chi connectivity index (χ0v) is 11.7.